The molecule has 4 aromatic rings. The maximum atomic E-state index is 9.18. The van der Waals surface area contributed by atoms with E-state index >= 15 is 0 Å². The number of hydrogen-bond acceptors (Lipinski definition) is 7. The summed E-state index contributed by atoms with van der Waals surface area (Å²) in [6.45, 7) is 1.78. The van der Waals surface area contributed by atoms with Gasteiger partial charge in [-0.25, -0.2) is 9.97 Å². The van der Waals surface area contributed by atoms with Gasteiger partial charge in [-0.2, -0.15) is 5.26 Å². The molecule has 154 valence electrons. The van der Waals surface area contributed by atoms with E-state index in [2.05, 4.69) is 31.7 Å². The summed E-state index contributed by atoms with van der Waals surface area (Å²) in [4.78, 5) is 16.6. The first-order valence-electron chi connectivity index (χ1n) is 10.2. The molecule has 0 radical (unpaired) electrons. The second-order valence-corrected chi connectivity index (χ2v) is 7.49. The van der Waals surface area contributed by atoms with Crippen molar-refractivity contribution >= 4 is 16.7 Å². The highest BCUT2D eigenvalue weighted by atomic mass is 16.5. The predicted molar refractivity (Wildman–Crippen MR) is 118 cm³/mol. The van der Waals surface area contributed by atoms with Gasteiger partial charge in [0.05, 0.1) is 17.5 Å². The van der Waals surface area contributed by atoms with Gasteiger partial charge in [0.2, 0.25) is 0 Å². The van der Waals surface area contributed by atoms with Crippen LogP contribution in [0.25, 0.3) is 22.2 Å². The minimum Gasteiger partial charge on any atom is -0.436 e. The van der Waals surface area contributed by atoms with Crippen LogP contribution >= 0.6 is 0 Å². The molecule has 1 aliphatic heterocycles. The van der Waals surface area contributed by atoms with E-state index in [9.17, 15) is 5.26 Å². The van der Waals surface area contributed by atoms with Crippen LogP contribution in [0.15, 0.2) is 55.1 Å². The fraction of sp³-hybridized carbons (Fsp3) is 0.217. The van der Waals surface area contributed by atoms with Crippen molar-refractivity contribution in [3.05, 3.63) is 60.7 Å². The first-order valence-corrected chi connectivity index (χ1v) is 10.2. The Kier molecular flexibility index (Phi) is 5.17. The molecule has 31 heavy (non-hydrogen) atoms. The highest BCUT2D eigenvalue weighted by Crippen LogP contribution is 2.30. The molecule has 0 saturated carbocycles. The molecular weight excluding hydrogens is 390 g/mol. The van der Waals surface area contributed by atoms with Crippen molar-refractivity contribution in [3.63, 3.8) is 0 Å². The van der Waals surface area contributed by atoms with Crippen LogP contribution in [-0.2, 0) is 0 Å². The van der Waals surface area contributed by atoms with Crippen molar-refractivity contribution in [2.75, 3.05) is 18.4 Å². The van der Waals surface area contributed by atoms with Gasteiger partial charge in [-0.05, 0) is 49.7 Å². The Labute approximate surface area is 179 Å². The lowest BCUT2D eigenvalue weighted by atomic mass is 10.2. The van der Waals surface area contributed by atoms with Crippen LogP contribution in [0.2, 0.25) is 0 Å². The standard InChI is InChI=1S/C23H21N7O/c24-10-15-8-17(12-25-11-15)21-14-29-22(28-13-18-2-1-6-26-18)23(30-21)31-19-3-4-20-16(9-19)5-7-27-20/h3-5,7-9,11-12,14,18,26-27H,1-2,6,13H2,(H,28,29)/t18-/m0/s1. The zero-order valence-corrected chi connectivity index (χ0v) is 16.8. The van der Waals surface area contributed by atoms with Crippen molar-refractivity contribution < 1.29 is 4.74 Å². The zero-order valence-electron chi connectivity index (χ0n) is 16.8. The van der Waals surface area contributed by atoms with E-state index in [1.165, 1.54) is 12.6 Å². The third-order valence-corrected chi connectivity index (χ3v) is 5.32. The van der Waals surface area contributed by atoms with E-state index < -0.39 is 0 Å². The lowest BCUT2D eigenvalue weighted by Gasteiger charge is -2.15. The molecule has 1 atom stereocenters. The number of benzene rings is 1. The monoisotopic (exact) mass is 411 g/mol. The summed E-state index contributed by atoms with van der Waals surface area (Å²) in [7, 11) is 0. The second kappa shape index (κ2) is 8.42. The summed E-state index contributed by atoms with van der Waals surface area (Å²) >= 11 is 0. The summed E-state index contributed by atoms with van der Waals surface area (Å²) in [5, 5.41) is 17.1. The Hall–Kier alpha value is -3.96. The van der Waals surface area contributed by atoms with Gasteiger partial charge in [-0.3, -0.25) is 4.98 Å². The molecule has 8 heteroatoms. The second-order valence-electron chi connectivity index (χ2n) is 7.49. The highest BCUT2D eigenvalue weighted by Gasteiger charge is 2.17. The van der Waals surface area contributed by atoms with Crippen LogP contribution in [0.1, 0.15) is 18.4 Å². The number of H-pyrrole nitrogens is 1. The van der Waals surface area contributed by atoms with Crippen molar-refractivity contribution in [1.82, 2.24) is 25.3 Å². The van der Waals surface area contributed by atoms with Gasteiger partial charge >= 0.3 is 0 Å². The van der Waals surface area contributed by atoms with Crippen molar-refractivity contribution in [3.8, 4) is 29.0 Å². The van der Waals surface area contributed by atoms with E-state index in [1.54, 1.807) is 18.5 Å². The van der Waals surface area contributed by atoms with Gasteiger partial charge in [-0.1, -0.05) is 0 Å². The maximum Gasteiger partial charge on any atom is 0.263 e. The molecule has 0 aliphatic carbocycles. The molecule has 8 nitrogen and oxygen atoms in total. The van der Waals surface area contributed by atoms with E-state index in [-0.39, 0.29) is 0 Å². The number of aromatic amines is 1. The van der Waals surface area contributed by atoms with E-state index in [0.717, 1.165) is 30.4 Å². The molecule has 0 unspecified atom stereocenters. The van der Waals surface area contributed by atoms with Gasteiger partial charge in [0.25, 0.3) is 5.88 Å². The van der Waals surface area contributed by atoms with Gasteiger partial charge in [-0.15, -0.1) is 0 Å². The fourth-order valence-corrected chi connectivity index (χ4v) is 3.70. The number of hydrogen-bond donors (Lipinski definition) is 3. The normalized spacial score (nSPS) is 15.6. The van der Waals surface area contributed by atoms with Crippen molar-refractivity contribution in [2.24, 2.45) is 0 Å². The maximum absolute atomic E-state index is 9.18. The quantitative estimate of drug-likeness (QED) is 0.442. The lowest BCUT2D eigenvalue weighted by Crippen LogP contribution is -2.29. The number of pyridine rings is 1. The van der Waals surface area contributed by atoms with Crippen LogP contribution < -0.4 is 15.4 Å². The summed E-state index contributed by atoms with van der Waals surface area (Å²) in [6.07, 6.45) is 9.06. The van der Waals surface area contributed by atoms with Crippen LogP contribution in [0.5, 0.6) is 11.6 Å². The van der Waals surface area contributed by atoms with Gasteiger partial charge < -0.3 is 20.4 Å². The molecule has 0 spiro atoms. The number of nitrogens with zero attached hydrogens (tertiary/aromatic N) is 4. The fourth-order valence-electron chi connectivity index (χ4n) is 3.70. The molecule has 3 N–H and O–H groups in total. The first kappa shape index (κ1) is 19.0. The first-order chi connectivity index (χ1) is 15.3. The molecule has 5 rings (SSSR count). The topological polar surface area (TPSA) is 112 Å². The SMILES string of the molecule is N#Cc1cncc(-c2cnc(NC[C@@H]3CCCN3)c(Oc3ccc4[nH]ccc4c3)n2)c1. The minimum absolute atomic E-state index is 0.382. The Balaban J connectivity index is 1.48. The third-order valence-electron chi connectivity index (χ3n) is 5.32. The van der Waals surface area contributed by atoms with Crippen LogP contribution in [0.3, 0.4) is 0 Å². The van der Waals surface area contributed by atoms with E-state index in [0.29, 0.717) is 40.3 Å². The lowest BCUT2D eigenvalue weighted by molar-refractivity contribution is 0.463. The van der Waals surface area contributed by atoms with E-state index in [4.69, 9.17) is 9.72 Å². The van der Waals surface area contributed by atoms with Crippen molar-refractivity contribution in [1.29, 1.82) is 5.26 Å². The molecular formula is C23H21N7O. The average molecular weight is 411 g/mol. The molecule has 3 aromatic heterocycles. The Morgan fingerprint density at radius 2 is 2.16 bits per heavy atom. The number of rotatable bonds is 6. The van der Waals surface area contributed by atoms with Crippen LogP contribution in [-0.4, -0.2) is 39.1 Å². The van der Waals surface area contributed by atoms with Gasteiger partial charge in [0, 0.05) is 47.6 Å². The largest absolute Gasteiger partial charge is 0.436 e. The predicted octanol–water partition coefficient (Wildman–Crippen LogP) is 3.85. The van der Waals surface area contributed by atoms with Crippen molar-refractivity contribution in [2.45, 2.75) is 18.9 Å². The van der Waals surface area contributed by atoms with Gasteiger partial charge in [0.15, 0.2) is 5.82 Å². The number of anilines is 1. The molecule has 1 fully saturated rings. The molecule has 4 heterocycles. The van der Waals surface area contributed by atoms with Gasteiger partial charge in [0.1, 0.15) is 11.8 Å². The summed E-state index contributed by atoms with van der Waals surface area (Å²) in [6, 6.07) is 12.1. The highest BCUT2D eigenvalue weighted by molar-refractivity contribution is 5.80. The summed E-state index contributed by atoms with van der Waals surface area (Å²) < 4.78 is 6.17. The number of fused-ring (bicyclic) bond motifs is 1. The third kappa shape index (κ3) is 4.17. The van der Waals surface area contributed by atoms with E-state index in [1.807, 2.05) is 30.5 Å². The Morgan fingerprint density at radius 1 is 1.19 bits per heavy atom. The minimum atomic E-state index is 0.382. The smallest absolute Gasteiger partial charge is 0.263 e. The molecule has 1 aliphatic rings. The summed E-state index contributed by atoms with van der Waals surface area (Å²) in [5.41, 5.74) is 2.81. The average Bonchev–Trinajstić information content (AvgIpc) is 3.50. The zero-order chi connectivity index (χ0) is 21.0. The Bertz CT molecular complexity index is 1250. The Morgan fingerprint density at radius 3 is 3.03 bits per heavy atom. The van der Waals surface area contributed by atoms with Crippen LogP contribution in [0.4, 0.5) is 5.82 Å². The number of aromatic nitrogens is 4. The number of nitriles is 1. The summed E-state index contributed by atoms with van der Waals surface area (Å²) in [5.74, 6) is 1.63. The molecule has 1 aromatic carbocycles. The molecule has 1 saturated heterocycles. The van der Waals surface area contributed by atoms with Crippen LogP contribution in [0, 0.1) is 11.3 Å². The number of ether oxygens (including phenoxy) is 1. The molecule has 0 amide bonds. The molecule has 0 bridgehead atoms. The number of nitrogens with one attached hydrogen (secondary N) is 3.